The van der Waals surface area contributed by atoms with E-state index in [4.69, 9.17) is 4.74 Å². The second kappa shape index (κ2) is 9.03. The molecular weight excluding hydrogens is 390 g/mol. The molecule has 2 aromatic carbocycles. The summed E-state index contributed by atoms with van der Waals surface area (Å²) in [7, 11) is -2.16. The molecule has 29 heavy (non-hydrogen) atoms. The van der Waals surface area contributed by atoms with Crippen LogP contribution in [0.15, 0.2) is 78.3 Å². The number of nitrogens with one attached hydrogen (secondary N) is 2. The van der Waals surface area contributed by atoms with Crippen molar-refractivity contribution in [2.24, 2.45) is 0 Å². The highest BCUT2D eigenvalue weighted by Gasteiger charge is 2.09. The Morgan fingerprint density at radius 1 is 0.966 bits per heavy atom. The van der Waals surface area contributed by atoms with Crippen LogP contribution >= 0.6 is 0 Å². The number of amides is 1. The second-order valence-corrected chi connectivity index (χ2v) is 7.55. The molecule has 0 bridgehead atoms. The van der Waals surface area contributed by atoms with E-state index in [9.17, 15) is 13.2 Å². The summed E-state index contributed by atoms with van der Waals surface area (Å²) in [6.07, 6.45) is 2.99. The topological polar surface area (TPSA) is 97.4 Å². The van der Waals surface area contributed by atoms with Gasteiger partial charge in [-0.25, -0.2) is 13.4 Å². The van der Waals surface area contributed by atoms with Crippen molar-refractivity contribution >= 4 is 33.4 Å². The van der Waals surface area contributed by atoms with E-state index in [0.29, 0.717) is 22.8 Å². The highest BCUT2D eigenvalue weighted by Crippen LogP contribution is 2.16. The molecule has 0 unspecified atom stereocenters. The predicted molar refractivity (Wildman–Crippen MR) is 113 cm³/mol. The van der Waals surface area contributed by atoms with Gasteiger partial charge in [0.15, 0.2) is 0 Å². The van der Waals surface area contributed by atoms with Crippen LogP contribution in [0.3, 0.4) is 0 Å². The minimum Gasteiger partial charge on any atom is -0.481 e. The summed E-state index contributed by atoms with van der Waals surface area (Å²) in [5.41, 5.74) is 2.03. The van der Waals surface area contributed by atoms with E-state index in [2.05, 4.69) is 15.0 Å². The van der Waals surface area contributed by atoms with Crippen LogP contribution in [0.2, 0.25) is 0 Å². The summed E-state index contributed by atoms with van der Waals surface area (Å²) < 4.78 is 31.8. The van der Waals surface area contributed by atoms with E-state index >= 15 is 0 Å². The van der Waals surface area contributed by atoms with Gasteiger partial charge >= 0.3 is 0 Å². The molecule has 1 heterocycles. The first-order valence-electron chi connectivity index (χ1n) is 8.62. The molecule has 2 N–H and O–H groups in total. The Morgan fingerprint density at radius 2 is 1.66 bits per heavy atom. The van der Waals surface area contributed by atoms with E-state index in [1.54, 1.807) is 24.3 Å². The quantitative estimate of drug-likeness (QED) is 0.619. The molecule has 0 atom stereocenters. The maximum Gasteiger partial charge on any atom is 0.255 e. The lowest BCUT2D eigenvalue weighted by molar-refractivity contribution is 0.102. The van der Waals surface area contributed by atoms with Crippen LogP contribution in [0.25, 0.3) is 6.08 Å². The summed E-state index contributed by atoms with van der Waals surface area (Å²) >= 11 is 0. The van der Waals surface area contributed by atoms with Crippen molar-refractivity contribution in [3.63, 3.8) is 0 Å². The van der Waals surface area contributed by atoms with Gasteiger partial charge in [0.05, 0.1) is 24.4 Å². The Morgan fingerprint density at radius 3 is 2.28 bits per heavy atom. The van der Waals surface area contributed by atoms with E-state index < -0.39 is 10.0 Å². The number of methoxy groups -OCH3 is 1. The SMILES string of the molecule is COc1ccc(NC(=O)c2ccc(NS(=O)(=O)/C=C/c3ccccc3)cc2)cn1. The van der Waals surface area contributed by atoms with Crippen LogP contribution in [0, 0.1) is 0 Å². The number of rotatable bonds is 7. The van der Waals surface area contributed by atoms with Gasteiger partial charge in [-0.2, -0.15) is 0 Å². The maximum atomic E-state index is 12.3. The fourth-order valence-corrected chi connectivity index (χ4v) is 3.27. The van der Waals surface area contributed by atoms with E-state index in [-0.39, 0.29) is 5.91 Å². The van der Waals surface area contributed by atoms with Gasteiger partial charge < -0.3 is 10.1 Å². The van der Waals surface area contributed by atoms with Gasteiger partial charge in [0, 0.05) is 17.3 Å². The summed E-state index contributed by atoms with van der Waals surface area (Å²) in [5.74, 6) is 0.108. The number of hydrogen-bond acceptors (Lipinski definition) is 5. The Balaban J connectivity index is 1.63. The number of pyridine rings is 1. The molecule has 0 saturated heterocycles. The summed E-state index contributed by atoms with van der Waals surface area (Å²) in [5, 5.41) is 3.81. The largest absolute Gasteiger partial charge is 0.481 e. The molecule has 3 rings (SSSR count). The van der Waals surface area contributed by atoms with Crippen molar-refractivity contribution < 1.29 is 17.9 Å². The predicted octanol–water partition coefficient (Wildman–Crippen LogP) is 3.76. The number of aromatic nitrogens is 1. The lowest BCUT2D eigenvalue weighted by atomic mass is 10.2. The van der Waals surface area contributed by atoms with Crippen LogP contribution in [0.5, 0.6) is 5.88 Å². The summed E-state index contributed by atoms with van der Waals surface area (Å²) in [6, 6.07) is 18.5. The monoisotopic (exact) mass is 409 g/mol. The summed E-state index contributed by atoms with van der Waals surface area (Å²) in [6.45, 7) is 0. The van der Waals surface area contributed by atoms with Crippen molar-refractivity contribution in [1.29, 1.82) is 0 Å². The molecule has 0 spiro atoms. The van der Waals surface area contributed by atoms with Gasteiger partial charge in [-0.3, -0.25) is 9.52 Å². The Kier molecular flexibility index (Phi) is 6.25. The Bertz CT molecular complexity index is 1090. The standard InChI is InChI=1S/C21H19N3O4S/c1-28-20-12-11-19(15-22-20)23-21(25)17-7-9-18(10-8-17)24-29(26,27)14-13-16-5-3-2-4-6-16/h2-15,24H,1H3,(H,23,25)/b14-13+. The molecule has 8 heteroatoms. The lowest BCUT2D eigenvalue weighted by Crippen LogP contribution is -2.13. The van der Waals surface area contributed by atoms with Crippen molar-refractivity contribution in [1.82, 2.24) is 4.98 Å². The molecule has 1 amide bonds. The smallest absolute Gasteiger partial charge is 0.255 e. The number of nitrogens with zero attached hydrogens (tertiary/aromatic N) is 1. The highest BCUT2D eigenvalue weighted by molar-refractivity contribution is 7.95. The first-order chi connectivity index (χ1) is 13.9. The molecule has 0 saturated carbocycles. The zero-order chi connectivity index (χ0) is 20.7. The van der Waals surface area contributed by atoms with Gasteiger partial charge in [-0.05, 0) is 42.0 Å². The Labute approximate surface area is 169 Å². The fourth-order valence-electron chi connectivity index (χ4n) is 2.40. The molecule has 0 aliphatic carbocycles. The van der Waals surface area contributed by atoms with Crippen LogP contribution < -0.4 is 14.8 Å². The number of anilines is 2. The average Bonchev–Trinajstić information content (AvgIpc) is 2.74. The molecule has 0 aliphatic heterocycles. The highest BCUT2D eigenvalue weighted by atomic mass is 32.2. The zero-order valence-corrected chi connectivity index (χ0v) is 16.4. The fraction of sp³-hybridized carbons (Fsp3) is 0.0476. The second-order valence-electron chi connectivity index (χ2n) is 5.98. The number of benzene rings is 2. The lowest BCUT2D eigenvalue weighted by Gasteiger charge is -2.08. The average molecular weight is 409 g/mol. The number of hydrogen-bond donors (Lipinski definition) is 2. The molecular formula is C21H19N3O4S. The minimum absolute atomic E-state index is 0.338. The van der Waals surface area contributed by atoms with E-state index in [1.165, 1.54) is 43.6 Å². The number of sulfonamides is 1. The van der Waals surface area contributed by atoms with Crippen molar-refractivity contribution in [2.75, 3.05) is 17.1 Å². The third-order valence-corrected chi connectivity index (χ3v) is 4.86. The molecule has 0 aliphatic rings. The first-order valence-corrected chi connectivity index (χ1v) is 10.2. The van der Waals surface area contributed by atoms with Crippen LogP contribution in [0.1, 0.15) is 15.9 Å². The van der Waals surface area contributed by atoms with Crippen molar-refractivity contribution in [3.05, 3.63) is 89.5 Å². The van der Waals surface area contributed by atoms with Crippen molar-refractivity contribution in [2.45, 2.75) is 0 Å². The third kappa shape index (κ3) is 5.91. The molecule has 148 valence electrons. The number of carbonyl (C=O) groups excluding carboxylic acids is 1. The molecule has 3 aromatic rings. The van der Waals surface area contributed by atoms with Crippen LogP contribution in [0.4, 0.5) is 11.4 Å². The first kappa shape index (κ1) is 20.1. The van der Waals surface area contributed by atoms with Gasteiger partial charge in [0.1, 0.15) is 0 Å². The summed E-state index contributed by atoms with van der Waals surface area (Å²) in [4.78, 5) is 16.3. The van der Waals surface area contributed by atoms with Gasteiger partial charge in [0.25, 0.3) is 15.9 Å². The van der Waals surface area contributed by atoms with E-state index in [1.807, 2.05) is 18.2 Å². The van der Waals surface area contributed by atoms with Gasteiger partial charge in [-0.15, -0.1) is 0 Å². The van der Waals surface area contributed by atoms with Gasteiger partial charge in [-0.1, -0.05) is 30.3 Å². The molecule has 1 aromatic heterocycles. The van der Waals surface area contributed by atoms with E-state index in [0.717, 1.165) is 11.0 Å². The third-order valence-electron chi connectivity index (χ3n) is 3.85. The number of carbonyl (C=O) groups is 1. The molecule has 0 fully saturated rings. The normalized spacial score (nSPS) is 11.2. The Hall–Kier alpha value is -3.65. The number of ether oxygens (including phenoxy) is 1. The minimum atomic E-state index is -3.67. The molecule has 0 radical (unpaired) electrons. The maximum absolute atomic E-state index is 12.3. The van der Waals surface area contributed by atoms with Crippen LogP contribution in [-0.2, 0) is 10.0 Å². The molecule has 7 nitrogen and oxygen atoms in total. The van der Waals surface area contributed by atoms with Crippen LogP contribution in [-0.4, -0.2) is 26.4 Å². The van der Waals surface area contributed by atoms with Gasteiger partial charge in [0.2, 0.25) is 5.88 Å². The zero-order valence-electron chi connectivity index (χ0n) is 15.6. The van der Waals surface area contributed by atoms with Crippen molar-refractivity contribution in [3.8, 4) is 5.88 Å².